The smallest absolute Gasteiger partial charge is 0.242 e. The standard InChI is InChI=1S/C40H50F6NOPS/c1-36(2,3)50(48)47(4)35(30-15-31(39(41,42)43)17-32(16-30)40(44,45)46)33-7-5-6-8-34(33)49(37-18-24-9-25(19-37)11-26(10-24)20-37)38-21-27-12-28(22-38)14-29(13-27)23-38/h5-8,15-17,24-29,35H,9-14,18-23H2,1-4H3. The molecule has 274 valence electrons. The molecule has 8 aliphatic rings. The molecule has 10 rings (SSSR count). The van der Waals surface area contributed by atoms with Gasteiger partial charge in [0.05, 0.1) is 21.9 Å². The fourth-order valence-corrected chi connectivity index (χ4v) is 19.5. The average molecular weight is 738 g/mol. The summed E-state index contributed by atoms with van der Waals surface area (Å²) in [4.78, 5) is 0. The van der Waals surface area contributed by atoms with Crippen LogP contribution in [0.25, 0.3) is 0 Å². The fraction of sp³-hybridized carbons (Fsp3) is 0.700. The summed E-state index contributed by atoms with van der Waals surface area (Å²) in [6.07, 6.45) is 4.97. The van der Waals surface area contributed by atoms with Crippen molar-refractivity contribution in [2.24, 2.45) is 35.5 Å². The van der Waals surface area contributed by atoms with Gasteiger partial charge in [-0.3, -0.25) is 0 Å². The lowest BCUT2D eigenvalue weighted by Gasteiger charge is -2.67. The Morgan fingerprint density at radius 2 is 1.06 bits per heavy atom. The second-order valence-corrected chi connectivity index (χ2v) is 23.7. The molecule has 0 saturated heterocycles. The van der Waals surface area contributed by atoms with Gasteiger partial charge < -0.3 is 0 Å². The molecular weight excluding hydrogens is 687 g/mol. The van der Waals surface area contributed by atoms with E-state index in [0.717, 1.165) is 23.0 Å². The van der Waals surface area contributed by atoms with Crippen LogP contribution in [0, 0.1) is 35.5 Å². The van der Waals surface area contributed by atoms with Gasteiger partial charge in [-0.05, 0) is 178 Å². The fourth-order valence-electron chi connectivity index (χ4n) is 12.9. The predicted molar refractivity (Wildman–Crippen MR) is 189 cm³/mol. The Labute approximate surface area is 296 Å². The molecule has 8 bridgehead atoms. The summed E-state index contributed by atoms with van der Waals surface area (Å²) >= 11 is 0. The van der Waals surface area contributed by atoms with Crippen molar-refractivity contribution in [3.05, 3.63) is 64.7 Å². The monoisotopic (exact) mass is 737 g/mol. The molecule has 0 radical (unpaired) electrons. The Morgan fingerprint density at radius 1 is 0.680 bits per heavy atom. The summed E-state index contributed by atoms with van der Waals surface area (Å²) in [6.45, 7) is 5.40. The number of rotatable bonds is 7. The third kappa shape index (κ3) is 6.13. The molecule has 10 heteroatoms. The molecule has 0 aromatic heterocycles. The normalized spacial score (nSPS) is 36.6. The zero-order chi connectivity index (χ0) is 35.6. The highest BCUT2D eigenvalue weighted by Crippen LogP contribution is 2.78. The predicted octanol–water partition coefficient (Wildman–Crippen LogP) is 11.3. The third-order valence-electron chi connectivity index (χ3n) is 13.5. The minimum Gasteiger partial charge on any atom is -0.242 e. The Morgan fingerprint density at radius 3 is 1.42 bits per heavy atom. The van der Waals surface area contributed by atoms with E-state index in [0.29, 0.717) is 35.5 Å². The lowest BCUT2D eigenvalue weighted by Crippen LogP contribution is -2.58. The molecule has 2 nitrogen and oxygen atoms in total. The van der Waals surface area contributed by atoms with E-state index in [-0.39, 0.29) is 21.9 Å². The third-order valence-corrected chi connectivity index (χ3v) is 19.2. The minimum absolute atomic E-state index is 0.106. The molecule has 2 atom stereocenters. The Bertz CT molecular complexity index is 1520. The maximum Gasteiger partial charge on any atom is 0.416 e. The summed E-state index contributed by atoms with van der Waals surface area (Å²) < 4.78 is 101. The van der Waals surface area contributed by atoms with Crippen LogP contribution in [-0.4, -0.2) is 30.6 Å². The van der Waals surface area contributed by atoms with Crippen LogP contribution in [0.1, 0.15) is 126 Å². The molecule has 2 unspecified atom stereocenters. The van der Waals surface area contributed by atoms with Crippen molar-refractivity contribution in [1.82, 2.24) is 4.31 Å². The van der Waals surface area contributed by atoms with Gasteiger partial charge in [0.2, 0.25) is 0 Å². The molecule has 2 aromatic rings. The van der Waals surface area contributed by atoms with Crippen LogP contribution >= 0.6 is 7.92 Å². The molecular formula is C40H50F6NOPS. The van der Waals surface area contributed by atoms with Crippen LogP contribution in [0.15, 0.2) is 42.5 Å². The zero-order valence-corrected chi connectivity index (χ0v) is 31.3. The summed E-state index contributed by atoms with van der Waals surface area (Å²) in [5.41, 5.74) is -2.02. The van der Waals surface area contributed by atoms with E-state index in [2.05, 4.69) is 6.07 Å². The SMILES string of the molecule is CN(C(c1cc(C(F)(F)F)cc(C(F)(F)F)c1)c1ccccc1P(C12CC3CC(CC(C3)C1)C2)C12CC3CC(CC(C3)C1)C2)S(=O)C(C)(C)C. The molecule has 0 heterocycles. The summed E-state index contributed by atoms with van der Waals surface area (Å²) in [5, 5.41) is 1.41. The first-order valence-corrected chi connectivity index (χ1v) is 21.1. The summed E-state index contributed by atoms with van der Waals surface area (Å²) in [6, 6.07) is 8.98. The topological polar surface area (TPSA) is 20.3 Å². The van der Waals surface area contributed by atoms with E-state index in [9.17, 15) is 30.6 Å². The second-order valence-electron chi connectivity index (χ2n) is 18.3. The minimum atomic E-state index is -4.98. The highest BCUT2D eigenvalue weighted by atomic mass is 32.2. The van der Waals surface area contributed by atoms with Gasteiger partial charge in [-0.25, -0.2) is 8.51 Å². The maximum absolute atomic E-state index is 14.4. The van der Waals surface area contributed by atoms with Crippen LogP contribution in [0.3, 0.4) is 0 Å². The van der Waals surface area contributed by atoms with E-state index in [1.807, 2.05) is 18.2 Å². The van der Waals surface area contributed by atoms with Crippen LogP contribution in [0.2, 0.25) is 0 Å². The number of hydrogen-bond donors (Lipinski definition) is 0. The molecule has 0 spiro atoms. The first-order valence-electron chi connectivity index (χ1n) is 18.7. The van der Waals surface area contributed by atoms with E-state index in [1.54, 1.807) is 32.1 Å². The molecule has 0 aliphatic heterocycles. The highest BCUT2D eigenvalue weighted by Gasteiger charge is 2.63. The molecule has 0 N–H and O–H groups in total. The highest BCUT2D eigenvalue weighted by molar-refractivity contribution is 7.84. The van der Waals surface area contributed by atoms with Crippen LogP contribution < -0.4 is 5.30 Å². The maximum atomic E-state index is 14.4. The lowest BCUT2D eigenvalue weighted by molar-refractivity contribution is -0.143. The van der Waals surface area contributed by atoms with Crippen molar-refractivity contribution in [3.63, 3.8) is 0 Å². The molecule has 2 aromatic carbocycles. The Balaban J connectivity index is 1.36. The number of hydrogen-bond acceptors (Lipinski definition) is 1. The molecule has 0 amide bonds. The van der Waals surface area contributed by atoms with Gasteiger partial charge in [-0.15, -0.1) is 0 Å². The summed E-state index contributed by atoms with van der Waals surface area (Å²) in [5.74, 6) is 4.23. The van der Waals surface area contributed by atoms with E-state index in [1.165, 1.54) is 77.0 Å². The largest absolute Gasteiger partial charge is 0.416 e. The van der Waals surface area contributed by atoms with Gasteiger partial charge in [0, 0.05) is 7.05 Å². The average Bonchev–Trinajstić information content (AvgIpc) is 2.98. The van der Waals surface area contributed by atoms with Crippen molar-refractivity contribution >= 4 is 24.2 Å². The van der Waals surface area contributed by atoms with E-state index >= 15 is 0 Å². The first-order chi connectivity index (χ1) is 23.3. The van der Waals surface area contributed by atoms with E-state index in [4.69, 9.17) is 0 Å². The van der Waals surface area contributed by atoms with Crippen LogP contribution in [0.5, 0.6) is 0 Å². The van der Waals surface area contributed by atoms with Gasteiger partial charge in [0.1, 0.15) is 11.0 Å². The van der Waals surface area contributed by atoms with Crippen molar-refractivity contribution < 1.29 is 30.6 Å². The lowest BCUT2D eigenvalue weighted by atomic mass is 9.55. The van der Waals surface area contributed by atoms with Gasteiger partial charge in [0.25, 0.3) is 0 Å². The number of alkyl halides is 6. The van der Waals surface area contributed by atoms with Crippen LogP contribution in [0.4, 0.5) is 26.3 Å². The second kappa shape index (κ2) is 12.0. The quantitative estimate of drug-likeness (QED) is 0.205. The van der Waals surface area contributed by atoms with Crippen molar-refractivity contribution in [3.8, 4) is 0 Å². The number of benzene rings is 2. The van der Waals surface area contributed by atoms with E-state index < -0.39 is 53.2 Å². The van der Waals surface area contributed by atoms with Crippen molar-refractivity contribution in [2.45, 2.75) is 131 Å². The Hall–Kier alpha value is -1.44. The van der Waals surface area contributed by atoms with Crippen molar-refractivity contribution in [1.29, 1.82) is 0 Å². The van der Waals surface area contributed by atoms with Gasteiger partial charge >= 0.3 is 12.4 Å². The molecule has 8 aliphatic carbocycles. The van der Waals surface area contributed by atoms with Gasteiger partial charge in [-0.1, -0.05) is 32.2 Å². The van der Waals surface area contributed by atoms with Crippen molar-refractivity contribution in [2.75, 3.05) is 7.05 Å². The zero-order valence-electron chi connectivity index (χ0n) is 29.5. The molecule has 8 fully saturated rings. The number of halogens is 6. The number of nitrogens with zero attached hydrogens (tertiary/aromatic N) is 1. The Kier molecular flexibility index (Phi) is 8.56. The summed E-state index contributed by atoms with van der Waals surface area (Å²) in [7, 11) is -0.964. The van der Waals surface area contributed by atoms with Gasteiger partial charge in [0.15, 0.2) is 0 Å². The molecule has 8 saturated carbocycles. The first kappa shape index (κ1) is 35.6. The van der Waals surface area contributed by atoms with Gasteiger partial charge in [-0.2, -0.15) is 26.3 Å². The van der Waals surface area contributed by atoms with Crippen LogP contribution in [-0.2, 0) is 23.3 Å². The molecule has 50 heavy (non-hydrogen) atoms.